The van der Waals surface area contributed by atoms with Crippen LogP contribution in [0.1, 0.15) is 27.9 Å². The Morgan fingerprint density at radius 2 is 1.90 bits per heavy atom. The number of aromatic nitrogens is 1. The largest absolute Gasteiger partial charge is 0.308 e. The molecule has 3 aromatic rings. The average molecular weight is 407 g/mol. The lowest BCUT2D eigenvalue weighted by Gasteiger charge is -2.30. The molecule has 148 valence electrons. The number of hydrogen-bond donors (Lipinski definition) is 1. The normalized spacial score (nSPS) is 13.7. The van der Waals surface area contributed by atoms with Crippen molar-refractivity contribution in [3.63, 3.8) is 0 Å². The SMILES string of the molecule is O=C(c1ccccc1)N1CCCc2cc(S(=O)(=O)NCc3cccnc3)ccc21. The molecule has 0 radical (unpaired) electrons. The zero-order chi connectivity index (χ0) is 20.3. The highest BCUT2D eigenvalue weighted by molar-refractivity contribution is 7.89. The van der Waals surface area contributed by atoms with Crippen LogP contribution < -0.4 is 9.62 Å². The Kier molecular flexibility index (Phi) is 5.42. The van der Waals surface area contributed by atoms with E-state index >= 15 is 0 Å². The third-order valence-corrected chi connectivity index (χ3v) is 6.33. The first-order valence-electron chi connectivity index (χ1n) is 9.43. The fourth-order valence-electron chi connectivity index (χ4n) is 3.45. The summed E-state index contributed by atoms with van der Waals surface area (Å²) in [7, 11) is -3.66. The number of sulfonamides is 1. The van der Waals surface area contributed by atoms with Gasteiger partial charge in [0.15, 0.2) is 0 Å². The number of benzene rings is 2. The molecule has 1 amide bonds. The predicted octanol–water partition coefficient (Wildman–Crippen LogP) is 3.15. The monoisotopic (exact) mass is 407 g/mol. The van der Waals surface area contributed by atoms with Gasteiger partial charge in [-0.1, -0.05) is 24.3 Å². The maximum atomic E-state index is 12.9. The Bertz CT molecular complexity index is 1120. The van der Waals surface area contributed by atoms with E-state index in [2.05, 4.69) is 9.71 Å². The maximum Gasteiger partial charge on any atom is 0.258 e. The van der Waals surface area contributed by atoms with Crippen molar-refractivity contribution in [1.29, 1.82) is 0 Å². The van der Waals surface area contributed by atoms with Gasteiger partial charge in [0.2, 0.25) is 10.0 Å². The number of aryl methyl sites for hydroxylation is 1. The lowest BCUT2D eigenvalue weighted by molar-refractivity contribution is 0.0985. The third kappa shape index (κ3) is 4.21. The van der Waals surface area contributed by atoms with Gasteiger partial charge < -0.3 is 4.90 Å². The summed E-state index contributed by atoms with van der Waals surface area (Å²) in [5.41, 5.74) is 3.05. The lowest BCUT2D eigenvalue weighted by Crippen LogP contribution is -2.35. The van der Waals surface area contributed by atoms with Gasteiger partial charge in [-0.15, -0.1) is 0 Å². The molecule has 6 nitrogen and oxygen atoms in total. The van der Waals surface area contributed by atoms with E-state index in [0.717, 1.165) is 29.7 Å². The van der Waals surface area contributed by atoms with Gasteiger partial charge in [-0.05, 0) is 60.4 Å². The number of amides is 1. The lowest BCUT2D eigenvalue weighted by atomic mass is 10.0. The number of carbonyl (C=O) groups excluding carboxylic acids is 1. The molecule has 29 heavy (non-hydrogen) atoms. The second kappa shape index (κ2) is 8.14. The molecule has 0 spiro atoms. The molecule has 0 saturated carbocycles. The van der Waals surface area contributed by atoms with Crippen LogP contribution in [-0.4, -0.2) is 25.9 Å². The molecule has 0 unspecified atom stereocenters. The molecule has 0 bridgehead atoms. The van der Waals surface area contributed by atoms with Crippen LogP contribution in [-0.2, 0) is 23.0 Å². The van der Waals surface area contributed by atoms with Crippen LogP contribution in [0.2, 0.25) is 0 Å². The van der Waals surface area contributed by atoms with E-state index in [0.29, 0.717) is 12.1 Å². The van der Waals surface area contributed by atoms with Gasteiger partial charge in [-0.3, -0.25) is 9.78 Å². The number of anilines is 1. The number of rotatable bonds is 5. The minimum Gasteiger partial charge on any atom is -0.308 e. The summed E-state index contributed by atoms with van der Waals surface area (Å²) in [5, 5.41) is 0. The van der Waals surface area contributed by atoms with E-state index in [4.69, 9.17) is 0 Å². The van der Waals surface area contributed by atoms with Gasteiger partial charge >= 0.3 is 0 Å². The average Bonchev–Trinajstić information content (AvgIpc) is 2.78. The van der Waals surface area contributed by atoms with Crippen LogP contribution in [0.5, 0.6) is 0 Å². The smallest absolute Gasteiger partial charge is 0.258 e. The second-order valence-electron chi connectivity index (χ2n) is 6.90. The summed E-state index contributed by atoms with van der Waals surface area (Å²) in [6.07, 6.45) is 4.80. The summed E-state index contributed by atoms with van der Waals surface area (Å²) in [5.74, 6) is -0.0724. The molecular formula is C22H21N3O3S. The summed E-state index contributed by atoms with van der Waals surface area (Å²) in [6.45, 7) is 0.790. The Morgan fingerprint density at radius 3 is 2.66 bits per heavy atom. The molecule has 2 aromatic carbocycles. The first-order valence-corrected chi connectivity index (χ1v) is 10.9. The molecule has 4 rings (SSSR count). The zero-order valence-corrected chi connectivity index (χ0v) is 16.6. The number of fused-ring (bicyclic) bond motifs is 1. The van der Waals surface area contributed by atoms with Crippen molar-refractivity contribution in [2.24, 2.45) is 0 Å². The van der Waals surface area contributed by atoms with Crippen molar-refractivity contribution in [2.75, 3.05) is 11.4 Å². The van der Waals surface area contributed by atoms with E-state index in [1.807, 2.05) is 24.3 Å². The highest BCUT2D eigenvalue weighted by atomic mass is 32.2. The molecule has 7 heteroatoms. The van der Waals surface area contributed by atoms with Crippen molar-refractivity contribution in [1.82, 2.24) is 9.71 Å². The number of hydrogen-bond acceptors (Lipinski definition) is 4. The van der Waals surface area contributed by atoms with Crippen LogP contribution in [0.15, 0.2) is 78.0 Å². The van der Waals surface area contributed by atoms with Crippen molar-refractivity contribution < 1.29 is 13.2 Å². The van der Waals surface area contributed by atoms with Crippen LogP contribution in [0.4, 0.5) is 5.69 Å². The van der Waals surface area contributed by atoms with E-state index in [1.165, 1.54) is 0 Å². The Balaban J connectivity index is 1.57. The van der Waals surface area contributed by atoms with Gasteiger partial charge in [-0.25, -0.2) is 13.1 Å². The van der Waals surface area contributed by atoms with E-state index in [1.54, 1.807) is 53.7 Å². The molecule has 0 fully saturated rings. The molecule has 0 atom stereocenters. The Hall–Kier alpha value is -3.03. The summed E-state index contributed by atoms with van der Waals surface area (Å²) in [4.78, 5) is 18.8. The fraction of sp³-hybridized carbons (Fsp3) is 0.182. The molecule has 0 aliphatic carbocycles. The standard InChI is InChI=1S/C22H21N3O3S/c26-22(18-7-2-1-3-8-18)25-13-5-9-19-14-20(10-11-21(19)25)29(27,28)24-16-17-6-4-12-23-15-17/h1-4,6-8,10-12,14-15,24H,5,9,13,16H2. The van der Waals surface area contributed by atoms with Crippen LogP contribution in [0.25, 0.3) is 0 Å². The van der Waals surface area contributed by atoms with Gasteiger partial charge in [0, 0.05) is 36.7 Å². The third-order valence-electron chi connectivity index (χ3n) is 4.93. The van der Waals surface area contributed by atoms with Crippen LogP contribution in [0, 0.1) is 0 Å². The highest BCUT2D eigenvalue weighted by Crippen LogP contribution is 2.30. The topological polar surface area (TPSA) is 79.4 Å². The van der Waals surface area contributed by atoms with Gasteiger partial charge in [0.25, 0.3) is 5.91 Å². The summed E-state index contributed by atoms with van der Waals surface area (Å²) >= 11 is 0. The first-order chi connectivity index (χ1) is 14.0. The zero-order valence-electron chi connectivity index (χ0n) is 15.8. The molecule has 1 aliphatic heterocycles. The van der Waals surface area contributed by atoms with Crippen molar-refractivity contribution >= 4 is 21.6 Å². The molecular weight excluding hydrogens is 386 g/mol. The fourth-order valence-corrected chi connectivity index (χ4v) is 4.52. The molecule has 1 aliphatic rings. The number of pyridine rings is 1. The molecule has 1 aromatic heterocycles. The Labute approximate surface area is 170 Å². The van der Waals surface area contributed by atoms with Crippen LogP contribution in [0.3, 0.4) is 0 Å². The number of nitrogens with zero attached hydrogens (tertiary/aromatic N) is 2. The molecule has 0 saturated heterocycles. The van der Waals surface area contributed by atoms with Crippen molar-refractivity contribution in [3.05, 3.63) is 89.7 Å². The van der Waals surface area contributed by atoms with E-state index in [9.17, 15) is 13.2 Å². The first kappa shape index (κ1) is 19.3. The predicted molar refractivity (Wildman–Crippen MR) is 111 cm³/mol. The van der Waals surface area contributed by atoms with E-state index < -0.39 is 10.0 Å². The summed E-state index contributed by atoms with van der Waals surface area (Å²) in [6, 6.07) is 17.7. The molecule has 1 N–H and O–H groups in total. The minimum atomic E-state index is -3.66. The Morgan fingerprint density at radius 1 is 1.07 bits per heavy atom. The van der Waals surface area contributed by atoms with Gasteiger partial charge in [-0.2, -0.15) is 0 Å². The minimum absolute atomic E-state index is 0.0724. The van der Waals surface area contributed by atoms with Gasteiger partial charge in [0.05, 0.1) is 4.90 Å². The quantitative estimate of drug-likeness (QED) is 0.705. The summed E-state index contributed by atoms with van der Waals surface area (Å²) < 4.78 is 28.0. The maximum absolute atomic E-state index is 12.9. The van der Waals surface area contributed by atoms with Crippen LogP contribution >= 0.6 is 0 Å². The highest BCUT2D eigenvalue weighted by Gasteiger charge is 2.25. The molecule has 2 heterocycles. The van der Waals surface area contributed by atoms with E-state index in [-0.39, 0.29) is 17.3 Å². The van der Waals surface area contributed by atoms with Gasteiger partial charge in [0.1, 0.15) is 0 Å². The van der Waals surface area contributed by atoms with Crippen molar-refractivity contribution in [3.8, 4) is 0 Å². The number of nitrogens with one attached hydrogen (secondary N) is 1. The second-order valence-corrected chi connectivity index (χ2v) is 8.67. The van der Waals surface area contributed by atoms with Crippen molar-refractivity contribution in [2.45, 2.75) is 24.3 Å². The number of carbonyl (C=O) groups is 1.